The summed E-state index contributed by atoms with van der Waals surface area (Å²) in [4.78, 5) is 30.5. The summed E-state index contributed by atoms with van der Waals surface area (Å²) in [5.41, 5.74) is -3.46. The number of carbonyl (C=O) groups is 2. The molecule has 10 nitrogen and oxygen atoms in total. The summed E-state index contributed by atoms with van der Waals surface area (Å²) in [6.45, 7) is 2.32. The van der Waals surface area contributed by atoms with E-state index in [9.17, 15) is 15.0 Å². The number of fused-ring (bicyclic) bond motifs is 10. The average molecular weight is 1260 g/mol. The van der Waals surface area contributed by atoms with Crippen LogP contribution in [0.25, 0.3) is 0 Å². The Bertz CT molecular complexity index is 3390. The molecule has 90 heavy (non-hydrogen) atoms. The normalized spacial score (nSPS) is 50.1. The zero-order chi connectivity index (χ0) is 61.3. The van der Waals surface area contributed by atoms with Gasteiger partial charge in [0, 0.05) is 69.1 Å². The molecule has 10 saturated carbocycles. The van der Waals surface area contributed by atoms with Gasteiger partial charge < -0.3 is 45.1 Å². The van der Waals surface area contributed by atoms with Gasteiger partial charge in [0.1, 0.15) is 23.6 Å². The molecular formula is C78H97NO9S2. The van der Waals surface area contributed by atoms with Crippen molar-refractivity contribution in [3.8, 4) is 11.8 Å². The molecule has 27 unspecified atom stereocenters. The van der Waals surface area contributed by atoms with Crippen molar-refractivity contribution in [1.82, 2.24) is 5.32 Å². The van der Waals surface area contributed by atoms with E-state index in [1.165, 1.54) is 30.4 Å². The van der Waals surface area contributed by atoms with E-state index in [4.69, 9.17) is 9.47 Å². The topological polar surface area (TPSA) is 166 Å². The van der Waals surface area contributed by atoms with Gasteiger partial charge in [0.2, 0.25) is 0 Å². The zero-order valence-corrected chi connectivity index (χ0v) is 54.7. The molecule has 3 aromatic rings. The second-order valence-corrected chi connectivity index (χ2v) is 35.5. The number of aldehydes is 1. The highest BCUT2D eigenvalue weighted by Gasteiger charge is 2.88. The molecule has 2 saturated heterocycles. The maximum atomic E-state index is 16.1. The van der Waals surface area contributed by atoms with Gasteiger partial charge in [-0.25, -0.2) is 4.79 Å². The number of aliphatic hydroxyl groups is 5. The third-order valence-corrected chi connectivity index (χ3v) is 32.6. The molecule has 480 valence electrons. The fourth-order valence-corrected chi connectivity index (χ4v) is 29.3. The number of likely N-dealkylation sites (N-methyl/N-ethyl adjacent to an activating group) is 1. The monoisotopic (exact) mass is 1260 g/mol. The van der Waals surface area contributed by atoms with Gasteiger partial charge in [-0.3, -0.25) is 0 Å². The molecule has 3 heterocycles. The van der Waals surface area contributed by atoms with Crippen LogP contribution < -0.4 is 5.32 Å². The van der Waals surface area contributed by atoms with Crippen molar-refractivity contribution in [3.63, 3.8) is 0 Å². The summed E-state index contributed by atoms with van der Waals surface area (Å²) in [6.07, 6.45) is 17.4. The lowest BCUT2D eigenvalue weighted by Gasteiger charge is -2.76. The van der Waals surface area contributed by atoms with Crippen LogP contribution in [-0.4, -0.2) is 104 Å². The molecule has 18 rings (SSSR count). The van der Waals surface area contributed by atoms with Gasteiger partial charge in [0.15, 0.2) is 0 Å². The Morgan fingerprint density at radius 1 is 0.756 bits per heavy atom. The lowest BCUT2D eigenvalue weighted by Crippen LogP contribution is -2.87. The van der Waals surface area contributed by atoms with E-state index in [0.717, 1.165) is 104 Å². The molecule has 10 bridgehead atoms. The van der Waals surface area contributed by atoms with E-state index in [1.54, 1.807) is 6.08 Å². The zero-order valence-electron chi connectivity index (χ0n) is 53.1. The summed E-state index contributed by atoms with van der Waals surface area (Å²) in [7, 11) is 6.00. The van der Waals surface area contributed by atoms with E-state index in [-0.39, 0.29) is 72.8 Å². The van der Waals surface area contributed by atoms with Gasteiger partial charge in [0.05, 0.1) is 35.9 Å². The average Bonchev–Trinajstić information content (AvgIpc) is 1.26. The number of esters is 1. The number of aliphatic hydroxyl groups excluding tert-OH is 2. The highest BCUT2D eigenvalue weighted by atomic mass is 33.1. The molecule has 0 radical (unpaired) electrons. The van der Waals surface area contributed by atoms with Crippen molar-refractivity contribution in [2.45, 2.75) is 208 Å². The Labute approximate surface area is 541 Å². The maximum absolute atomic E-state index is 16.1. The van der Waals surface area contributed by atoms with Crippen LogP contribution in [-0.2, 0) is 38.5 Å². The van der Waals surface area contributed by atoms with Crippen molar-refractivity contribution in [2.75, 3.05) is 18.6 Å². The van der Waals surface area contributed by atoms with Crippen LogP contribution in [0.1, 0.15) is 169 Å². The van der Waals surface area contributed by atoms with Crippen LogP contribution in [0.5, 0.6) is 0 Å². The maximum Gasteiger partial charge on any atom is 0.331 e. The lowest BCUT2D eigenvalue weighted by molar-refractivity contribution is -0.394. The van der Waals surface area contributed by atoms with Gasteiger partial charge in [0.25, 0.3) is 0 Å². The summed E-state index contributed by atoms with van der Waals surface area (Å²) in [5, 5.41) is 76.2. The Morgan fingerprint density at radius 3 is 2.36 bits per heavy atom. The minimum absolute atomic E-state index is 0.00366. The smallest absolute Gasteiger partial charge is 0.331 e. The Hall–Kier alpha value is -3.48. The molecule has 27 atom stereocenters. The lowest BCUT2D eigenvalue weighted by atomic mass is 9.31. The van der Waals surface area contributed by atoms with Crippen LogP contribution >= 0.6 is 21.6 Å². The number of benzene rings is 3. The molecule has 3 spiro atoms. The third kappa shape index (κ3) is 8.43. The van der Waals surface area contributed by atoms with Crippen LogP contribution in [0.3, 0.4) is 0 Å². The quantitative estimate of drug-likeness (QED) is 0.0600. The molecule has 3 aliphatic heterocycles. The fraction of sp³-hybridized carbons (Fsp3) is 0.692. The van der Waals surface area contributed by atoms with E-state index in [2.05, 4.69) is 90.8 Å². The van der Waals surface area contributed by atoms with Gasteiger partial charge >= 0.3 is 5.97 Å². The predicted octanol–water partition coefficient (Wildman–Crippen LogP) is 12.0. The predicted molar refractivity (Wildman–Crippen MR) is 350 cm³/mol. The largest absolute Gasteiger partial charge is 0.454 e. The molecule has 0 amide bonds. The summed E-state index contributed by atoms with van der Waals surface area (Å²) < 4.78 is 14.5. The van der Waals surface area contributed by atoms with E-state index in [0.29, 0.717) is 81.0 Å². The van der Waals surface area contributed by atoms with Gasteiger partial charge in [-0.2, -0.15) is 0 Å². The molecule has 0 aromatic heterocycles. The van der Waals surface area contributed by atoms with E-state index < -0.39 is 74.3 Å². The van der Waals surface area contributed by atoms with Crippen molar-refractivity contribution >= 4 is 33.8 Å². The highest BCUT2D eigenvalue weighted by molar-refractivity contribution is 8.76. The number of ether oxygens (including phenoxy) is 2. The second-order valence-electron chi connectivity index (χ2n) is 33.0. The second kappa shape index (κ2) is 22.0. The first-order valence-electron chi connectivity index (χ1n) is 35.8. The fourth-order valence-electron chi connectivity index (χ4n) is 26.7. The number of hydrogen-bond acceptors (Lipinski definition) is 12. The van der Waals surface area contributed by atoms with Gasteiger partial charge in [-0.1, -0.05) is 113 Å². The van der Waals surface area contributed by atoms with Crippen molar-refractivity contribution in [3.05, 3.63) is 118 Å². The van der Waals surface area contributed by atoms with Crippen LogP contribution in [0.15, 0.2) is 90.5 Å². The number of hydrogen-bond donors (Lipinski definition) is 6. The van der Waals surface area contributed by atoms with E-state index >= 15 is 20.1 Å². The van der Waals surface area contributed by atoms with Gasteiger partial charge in [-0.15, -0.1) is 0 Å². The van der Waals surface area contributed by atoms with Crippen molar-refractivity contribution in [1.29, 1.82) is 0 Å². The SMILES string of the molecule is CNC1Cc2c(cccc2CO)C#CC2(CCC(Cc3ccccc3)C2)CC23CCC4C5(C=O)CC67C(CC8CSSCC9CCC(C9)C(C)C9CCC(C6O8)C5(O)C(C9)C(O)C4(O)C2(O)CC2CC1C1OC(=O)C=C1C23)CC1CC(c2ccccc2)CCC17. The Balaban J connectivity index is 0.867. The molecule has 6 N–H and O–H groups in total. The van der Waals surface area contributed by atoms with Crippen molar-refractivity contribution in [2.24, 2.45) is 105 Å². The number of carbonyl (C=O) groups excluding carboxylic acids is 2. The van der Waals surface area contributed by atoms with Crippen LogP contribution in [0.4, 0.5) is 0 Å². The molecule has 12 heteroatoms. The summed E-state index contributed by atoms with van der Waals surface area (Å²) in [5.74, 6) is 9.57. The minimum Gasteiger partial charge on any atom is -0.454 e. The number of nitrogens with one attached hydrogen (secondary N) is 1. The molecule has 3 aromatic carbocycles. The first kappa shape index (κ1) is 60.2. The highest BCUT2D eigenvalue weighted by Crippen LogP contribution is 2.82. The van der Waals surface area contributed by atoms with Gasteiger partial charge in [-0.05, 0) is 247 Å². The van der Waals surface area contributed by atoms with Crippen LogP contribution in [0, 0.1) is 116 Å². The molecule has 12 aliphatic carbocycles. The molecular weight excluding hydrogens is 1160 g/mol. The van der Waals surface area contributed by atoms with Crippen molar-refractivity contribution < 1.29 is 44.6 Å². The minimum atomic E-state index is -2.25. The summed E-state index contributed by atoms with van der Waals surface area (Å²) in [6, 6.07) is 27.7. The first-order valence-corrected chi connectivity index (χ1v) is 38.3. The third-order valence-electron chi connectivity index (χ3n) is 30.0. The molecule has 12 fully saturated rings. The molecule has 15 aliphatic rings. The Kier molecular flexibility index (Phi) is 14.7. The van der Waals surface area contributed by atoms with Crippen LogP contribution in [0.2, 0.25) is 0 Å². The summed E-state index contributed by atoms with van der Waals surface area (Å²) >= 11 is 0. The number of rotatable bonds is 6. The standard InChI is InChI=1S/C78H97NO9S2/c1-45-51-17-16-48(29-51)40-89-90-41-58-34-57-31-55-30-53(49-12-7-4-8-13-49)19-20-62(55)75(57)43-74(44-81)66-24-27-73-42-72(25-22-47(37-72)28-46-10-5-3-6-11-46)26-23-50-14-9-15-54(39-80)59(50)35-65(79-2)60-32-56(68(73)61-36-67(82)88-69(60)61)38-76(73,84)78(66,86)70(83)64-33-52(45)18-21-63(71(75)87-58)77(64,74)85/h3-15,36,44-45,47-48,51-53,55-58,60,62-66,68-71,79-80,83-86H,16-22,24-25,27-35,37-43H2,1-2H3. The first-order chi connectivity index (χ1) is 43.6. The van der Waals surface area contributed by atoms with E-state index in [1.807, 2.05) is 40.8 Å². The Morgan fingerprint density at radius 2 is 1.54 bits per heavy atom.